The lowest BCUT2D eigenvalue weighted by Gasteiger charge is -2.34. The number of sulfonamides is 1. The molecule has 0 unspecified atom stereocenters. The van der Waals surface area contributed by atoms with Crippen molar-refractivity contribution >= 4 is 27.5 Å². The van der Waals surface area contributed by atoms with Gasteiger partial charge in [-0.3, -0.25) is 13.9 Å². The fraction of sp³-hybridized carbons (Fsp3) is 0.500. The molecule has 1 atom stereocenters. The third kappa shape index (κ3) is 6.87. The quantitative estimate of drug-likeness (QED) is 0.515. The number of carbonyl (C=O) groups is 2. The van der Waals surface area contributed by atoms with Crippen LogP contribution in [0.2, 0.25) is 0 Å². The van der Waals surface area contributed by atoms with Gasteiger partial charge in [0.15, 0.2) is 0 Å². The molecule has 1 aliphatic carbocycles. The van der Waals surface area contributed by atoms with Gasteiger partial charge in [-0.15, -0.1) is 0 Å². The summed E-state index contributed by atoms with van der Waals surface area (Å²) >= 11 is 0. The van der Waals surface area contributed by atoms with Crippen molar-refractivity contribution in [3.8, 4) is 0 Å². The molecule has 0 aromatic heterocycles. The van der Waals surface area contributed by atoms with E-state index in [0.29, 0.717) is 12.1 Å². The summed E-state index contributed by atoms with van der Waals surface area (Å²) in [5.41, 5.74) is 3.99. The second-order valence-corrected chi connectivity index (χ2v) is 11.8. The van der Waals surface area contributed by atoms with Crippen molar-refractivity contribution in [3.05, 3.63) is 64.7 Å². The number of para-hydroxylation sites is 1. The zero-order valence-electron chi connectivity index (χ0n) is 22.1. The van der Waals surface area contributed by atoms with E-state index in [1.807, 2.05) is 70.2 Å². The Bertz CT molecular complexity index is 1170. The monoisotopic (exact) mass is 513 g/mol. The average molecular weight is 514 g/mol. The summed E-state index contributed by atoms with van der Waals surface area (Å²) in [6.45, 7) is 7.38. The van der Waals surface area contributed by atoms with Gasteiger partial charge in [0, 0.05) is 12.6 Å². The van der Waals surface area contributed by atoms with Crippen molar-refractivity contribution in [1.29, 1.82) is 0 Å². The van der Waals surface area contributed by atoms with E-state index >= 15 is 0 Å². The average Bonchev–Trinajstić information content (AvgIpc) is 3.30. The van der Waals surface area contributed by atoms with Crippen LogP contribution >= 0.6 is 0 Å². The molecule has 1 saturated carbocycles. The largest absolute Gasteiger partial charge is 0.352 e. The predicted molar refractivity (Wildman–Crippen MR) is 144 cm³/mol. The van der Waals surface area contributed by atoms with Gasteiger partial charge in [-0.2, -0.15) is 0 Å². The first-order valence-corrected chi connectivity index (χ1v) is 14.6. The van der Waals surface area contributed by atoms with Crippen molar-refractivity contribution in [2.75, 3.05) is 17.1 Å². The summed E-state index contributed by atoms with van der Waals surface area (Å²) in [6.07, 6.45) is 5.61. The number of hydrogen-bond acceptors (Lipinski definition) is 4. The molecule has 0 heterocycles. The van der Waals surface area contributed by atoms with Crippen LogP contribution in [0.25, 0.3) is 0 Å². The lowest BCUT2D eigenvalue weighted by molar-refractivity contribution is -0.140. The Morgan fingerprint density at radius 1 is 1.03 bits per heavy atom. The van der Waals surface area contributed by atoms with Crippen molar-refractivity contribution in [2.45, 2.75) is 78.4 Å². The fourth-order valence-electron chi connectivity index (χ4n) is 5.07. The SMILES string of the molecule is CC[C@H](C(=O)NC1CCCC1)N(Cc1cccc(C)c1)C(=O)CN(c1c(C)cccc1C)S(C)(=O)=O. The van der Waals surface area contributed by atoms with Gasteiger partial charge in [0.25, 0.3) is 0 Å². The van der Waals surface area contributed by atoms with E-state index in [-0.39, 0.29) is 25.0 Å². The Hall–Kier alpha value is -2.87. The minimum Gasteiger partial charge on any atom is -0.352 e. The summed E-state index contributed by atoms with van der Waals surface area (Å²) in [5.74, 6) is -0.582. The maximum Gasteiger partial charge on any atom is 0.244 e. The van der Waals surface area contributed by atoms with Gasteiger partial charge in [-0.05, 0) is 56.7 Å². The van der Waals surface area contributed by atoms with E-state index in [1.165, 1.54) is 4.31 Å². The molecule has 0 saturated heterocycles. The highest BCUT2D eigenvalue weighted by Crippen LogP contribution is 2.27. The zero-order chi connectivity index (χ0) is 26.5. The molecule has 2 amide bonds. The number of aryl methyl sites for hydroxylation is 3. The molecule has 1 N–H and O–H groups in total. The number of nitrogens with one attached hydrogen (secondary N) is 1. The van der Waals surface area contributed by atoms with Gasteiger partial charge >= 0.3 is 0 Å². The summed E-state index contributed by atoms with van der Waals surface area (Å²) in [4.78, 5) is 28.8. The molecule has 7 nitrogen and oxygen atoms in total. The van der Waals surface area contributed by atoms with Crippen LogP contribution in [0, 0.1) is 20.8 Å². The Kier molecular flexibility index (Phi) is 9.17. The predicted octanol–water partition coefficient (Wildman–Crippen LogP) is 4.24. The number of amides is 2. The summed E-state index contributed by atoms with van der Waals surface area (Å²) < 4.78 is 26.9. The van der Waals surface area contributed by atoms with Crippen LogP contribution in [0.5, 0.6) is 0 Å². The molecule has 2 aromatic rings. The molecular weight excluding hydrogens is 474 g/mol. The van der Waals surface area contributed by atoms with Gasteiger partial charge in [-0.1, -0.05) is 67.8 Å². The number of anilines is 1. The van der Waals surface area contributed by atoms with Gasteiger partial charge in [0.2, 0.25) is 21.8 Å². The lowest BCUT2D eigenvalue weighted by Crippen LogP contribution is -2.53. The molecule has 36 heavy (non-hydrogen) atoms. The van der Waals surface area contributed by atoms with Gasteiger partial charge in [-0.25, -0.2) is 8.42 Å². The maximum atomic E-state index is 13.9. The third-order valence-electron chi connectivity index (χ3n) is 6.89. The summed E-state index contributed by atoms with van der Waals surface area (Å²) in [7, 11) is -3.76. The molecule has 3 rings (SSSR count). The first-order valence-electron chi connectivity index (χ1n) is 12.7. The van der Waals surface area contributed by atoms with E-state index < -0.39 is 22.0 Å². The minimum absolute atomic E-state index is 0.129. The van der Waals surface area contributed by atoms with E-state index in [0.717, 1.165) is 54.2 Å². The number of nitrogens with zero attached hydrogens (tertiary/aromatic N) is 2. The van der Waals surface area contributed by atoms with Crippen molar-refractivity contribution in [1.82, 2.24) is 10.2 Å². The molecule has 2 aromatic carbocycles. The lowest BCUT2D eigenvalue weighted by atomic mass is 10.1. The number of rotatable bonds is 10. The molecule has 8 heteroatoms. The highest BCUT2D eigenvalue weighted by molar-refractivity contribution is 7.92. The van der Waals surface area contributed by atoms with Gasteiger partial charge in [0.1, 0.15) is 12.6 Å². The second-order valence-electron chi connectivity index (χ2n) is 9.93. The Labute approximate surface area is 215 Å². The van der Waals surface area contributed by atoms with E-state index in [4.69, 9.17) is 0 Å². The Morgan fingerprint density at radius 2 is 1.64 bits per heavy atom. The van der Waals surface area contributed by atoms with E-state index in [2.05, 4.69) is 5.32 Å². The molecule has 1 fully saturated rings. The number of hydrogen-bond donors (Lipinski definition) is 1. The number of benzene rings is 2. The number of carbonyl (C=O) groups excluding carboxylic acids is 2. The van der Waals surface area contributed by atoms with Crippen molar-refractivity contribution in [2.24, 2.45) is 0 Å². The highest BCUT2D eigenvalue weighted by Gasteiger charge is 2.33. The van der Waals surface area contributed by atoms with Crippen LogP contribution in [-0.2, 0) is 26.2 Å². The molecule has 0 aliphatic heterocycles. The Morgan fingerprint density at radius 3 is 2.19 bits per heavy atom. The Balaban J connectivity index is 1.96. The second kappa shape index (κ2) is 11.9. The molecule has 1 aliphatic rings. The van der Waals surface area contributed by atoms with E-state index in [1.54, 1.807) is 4.90 Å². The van der Waals surface area contributed by atoms with Gasteiger partial charge < -0.3 is 10.2 Å². The first-order chi connectivity index (χ1) is 17.0. The molecule has 0 spiro atoms. The zero-order valence-corrected chi connectivity index (χ0v) is 22.9. The van der Waals surface area contributed by atoms with Crippen molar-refractivity contribution in [3.63, 3.8) is 0 Å². The van der Waals surface area contributed by atoms with Crippen LogP contribution < -0.4 is 9.62 Å². The van der Waals surface area contributed by atoms with Crippen LogP contribution in [-0.4, -0.2) is 50.0 Å². The summed E-state index contributed by atoms with van der Waals surface area (Å²) in [5, 5.41) is 3.13. The smallest absolute Gasteiger partial charge is 0.244 e. The van der Waals surface area contributed by atoms with E-state index in [9.17, 15) is 18.0 Å². The normalized spacial score (nSPS) is 14.9. The van der Waals surface area contributed by atoms with Crippen LogP contribution in [0.15, 0.2) is 42.5 Å². The third-order valence-corrected chi connectivity index (χ3v) is 8.00. The van der Waals surface area contributed by atoms with Crippen LogP contribution in [0.1, 0.15) is 61.3 Å². The summed E-state index contributed by atoms with van der Waals surface area (Å²) in [6, 6.07) is 12.8. The topological polar surface area (TPSA) is 86.8 Å². The van der Waals surface area contributed by atoms with Crippen LogP contribution in [0.4, 0.5) is 5.69 Å². The van der Waals surface area contributed by atoms with Gasteiger partial charge in [0.05, 0.1) is 11.9 Å². The van der Waals surface area contributed by atoms with Crippen LogP contribution in [0.3, 0.4) is 0 Å². The standard InChI is InChI=1S/C28H39N3O4S/c1-6-25(28(33)29-24-15-7-8-16-24)30(18-23-14-9-11-20(2)17-23)26(32)19-31(36(5,34)35)27-21(3)12-10-13-22(27)4/h9-14,17,24-25H,6-8,15-16,18-19H2,1-5H3,(H,29,33)/t25-/m1/s1. The first kappa shape index (κ1) is 27.7. The van der Waals surface area contributed by atoms with Crippen molar-refractivity contribution < 1.29 is 18.0 Å². The highest BCUT2D eigenvalue weighted by atomic mass is 32.2. The molecule has 0 bridgehead atoms. The maximum absolute atomic E-state index is 13.9. The fourth-order valence-corrected chi connectivity index (χ4v) is 6.03. The molecular formula is C28H39N3O4S. The molecule has 196 valence electrons. The molecule has 0 radical (unpaired) electrons. The minimum atomic E-state index is -3.76.